The molecule has 0 heterocycles. The molecule has 1 aromatic rings. The number of hydrogen-bond donors (Lipinski definition) is 2. The molecule has 1 aliphatic carbocycles. The van der Waals surface area contributed by atoms with Gasteiger partial charge in [0.05, 0.1) is 6.61 Å². The first kappa shape index (κ1) is 15.8. The van der Waals surface area contributed by atoms with Gasteiger partial charge in [0, 0.05) is 19.2 Å². The standard InChI is InChI=1S/C16H24N2O3/c1-11(9-20-2)18-16(19)10-21-13-6-7-14-12(8-13)4-3-5-15(14)17/h6-8,11,15H,3-5,9-10,17H2,1-2H3,(H,18,19). The van der Waals surface area contributed by atoms with Crippen LogP contribution >= 0.6 is 0 Å². The minimum Gasteiger partial charge on any atom is -0.484 e. The van der Waals surface area contributed by atoms with Gasteiger partial charge in [-0.25, -0.2) is 0 Å². The van der Waals surface area contributed by atoms with Crippen molar-refractivity contribution in [3.8, 4) is 5.75 Å². The Kier molecular flexibility index (Phi) is 5.59. The highest BCUT2D eigenvalue weighted by Gasteiger charge is 2.17. The van der Waals surface area contributed by atoms with E-state index in [1.807, 2.05) is 25.1 Å². The van der Waals surface area contributed by atoms with Crippen molar-refractivity contribution in [2.45, 2.75) is 38.3 Å². The fourth-order valence-electron chi connectivity index (χ4n) is 2.68. The maximum Gasteiger partial charge on any atom is 0.258 e. The smallest absolute Gasteiger partial charge is 0.258 e. The normalized spacial score (nSPS) is 18.7. The van der Waals surface area contributed by atoms with Crippen LogP contribution in [0.2, 0.25) is 0 Å². The van der Waals surface area contributed by atoms with Crippen molar-refractivity contribution in [2.75, 3.05) is 20.3 Å². The maximum atomic E-state index is 11.7. The van der Waals surface area contributed by atoms with Gasteiger partial charge in [-0.05, 0) is 49.4 Å². The van der Waals surface area contributed by atoms with E-state index < -0.39 is 0 Å². The van der Waals surface area contributed by atoms with E-state index in [4.69, 9.17) is 15.2 Å². The predicted octanol–water partition coefficient (Wildman–Crippen LogP) is 1.55. The number of amides is 1. The summed E-state index contributed by atoms with van der Waals surface area (Å²) >= 11 is 0. The number of aryl methyl sites for hydroxylation is 1. The molecule has 5 heteroatoms. The molecule has 116 valence electrons. The number of carbonyl (C=O) groups is 1. The number of hydrogen-bond acceptors (Lipinski definition) is 4. The lowest BCUT2D eigenvalue weighted by Gasteiger charge is -2.22. The van der Waals surface area contributed by atoms with Crippen LogP contribution in [0.25, 0.3) is 0 Å². The van der Waals surface area contributed by atoms with E-state index in [-0.39, 0.29) is 24.6 Å². The number of fused-ring (bicyclic) bond motifs is 1. The zero-order chi connectivity index (χ0) is 15.2. The quantitative estimate of drug-likeness (QED) is 0.834. The summed E-state index contributed by atoms with van der Waals surface area (Å²) in [5, 5.41) is 2.81. The molecule has 0 saturated heterocycles. The van der Waals surface area contributed by atoms with Gasteiger partial charge in [-0.3, -0.25) is 4.79 Å². The van der Waals surface area contributed by atoms with E-state index >= 15 is 0 Å². The van der Waals surface area contributed by atoms with Gasteiger partial charge in [-0.1, -0.05) is 6.07 Å². The molecule has 1 aromatic carbocycles. The number of carbonyl (C=O) groups excluding carboxylic acids is 1. The molecule has 0 spiro atoms. The lowest BCUT2D eigenvalue weighted by Crippen LogP contribution is -2.38. The Hall–Kier alpha value is -1.59. The third-order valence-corrected chi connectivity index (χ3v) is 3.67. The number of benzene rings is 1. The third kappa shape index (κ3) is 4.44. The van der Waals surface area contributed by atoms with E-state index in [0.29, 0.717) is 6.61 Å². The molecule has 2 atom stereocenters. The lowest BCUT2D eigenvalue weighted by molar-refractivity contribution is -0.124. The van der Waals surface area contributed by atoms with Crippen LogP contribution in [0.4, 0.5) is 0 Å². The molecule has 0 aromatic heterocycles. The minimum absolute atomic E-state index is 0.0128. The molecule has 0 aliphatic heterocycles. The average molecular weight is 292 g/mol. The van der Waals surface area contributed by atoms with Crippen molar-refractivity contribution in [1.82, 2.24) is 5.32 Å². The second-order valence-corrected chi connectivity index (χ2v) is 5.57. The molecule has 21 heavy (non-hydrogen) atoms. The van der Waals surface area contributed by atoms with Crippen LogP contribution in [0, 0.1) is 0 Å². The highest BCUT2D eigenvalue weighted by atomic mass is 16.5. The van der Waals surface area contributed by atoms with E-state index in [0.717, 1.165) is 25.0 Å². The van der Waals surface area contributed by atoms with Gasteiger partial charge < -0.3 is 20.5 Å². The number of methoxy groups -OCH3 is 1. The molecule has 1 aliphatic rings. The molecule has 1 amide bonds. The summed E-state index contributed by atoms with van der Waals surface area (Å²) in [5.41, 5.74) is 8.52. The fraction of sp³-hybridized carbons (Fsp3) is 0.562. The van der Waals surface area contributed by atoms with Crippen molar-refractivity contribution in [1.29, 1.82) is 0 Å². The summed E-state index contributed by atoms with van der Waals surface area (Å²) in [6.07, 6.45) is 3.16. The third-order valence-electron chi connectivity index (χ3n) is 3.67. The Bertz CT molecular complexity index is 490. The largest absolute Gasteiger partial charge is 0.484 e. The van der Waals surface area contributed by atoms with Crippen molar-refractivity contribution >= 4 is 5.91 Å². The Morgan fingerprint density at radius 2 is 2.33 bits per heavy atom. The highest BCUT2D eigenvalue weighted by molar-refractivity contribution is 5.77. The van der Waals surface area contributed by atoms with Crippen LogP contribution in [-0.2, 0) is 16.0 Å². The van der Waals surface area contributed by atoms with Crippen molar-refractivity contribution in [2.24, 2.45) is 5.73 Å². The molecular formula is C16H24N2O3. The molecule has 0 radical (unpaired) electrons. The van der Waals surface area contributed by atoms with Crippen LogP contribution in [0.5, 0.6) is 5.75 Å². The molecule has 0 fully saturated rings. The van der Waals surface area contributed by atoms with Gasteiger partial charge in [0.15, 0.2) is 6.61 Å². The zero-order valence-corrected chi connectivity index (χ0v) is 12.7. The molecule has 3 N–H and O–H groups in total. The van der Waals surface area contributed by atoms with Gasteiger partial charge >= 0.3 is 0 Å². The highest BCUT2D eigenvalue weighted by Crippen LogP contribution is 2.30. The monoisotopic (exact) mass is 292 g/mol. The topological polar surface area (TPSA) is 73.6 Å². The van der Waals surface area contributed by atoms with E-state index in [2.05, 4.69) is 5.32 Å². The number of nitrogens with two attached hydrogens (primary N) is 1. The van der Waals surface area contributed by atoms with Gasteiger partial charge in [0.2, 0.25) is 0 Å². The van der Waals surface area contributed by atoms with Gasteiger partial charge in [-0.2, -0.15) is 0 Å². The summed E-state index contributed by atoms with van der Waals surface area (Å²) in [6.45, 7) is 2.39. The van der Waals surface area contributed by atoms with Crippen molar-refractivity contribution < 1.29 is 14.3 Å². The second-order valence-electron chi connectivity index (χ2n) is 5.57. The van der Waals surface area contributed by atoms with Gasteiger partial charge in [0.25, 0.3) is 5.91 Å². The Morgan fingerprint density at radius 3 is 3.10 bits per heavy atom. The predicted molar refractivity (Wildman–Crippen MR) is 81.3 cm³/mol. The molecule has 0 saturated carbocycles. The Morgan fingerprint density at radius 1 is 1.52 bits per heavy atom. The number of nitrogens with one attached hydrogen (secondary N) is 1. The van der Waals surface area contributed by atoms with Gasteiger partial charge in [-0.15, -0.1) is 0 Å². The average Bonchev–Trinajstić information content (AvgIpc) is 2.45. The molecule has 0 bridgehead atoms. The Labute approximate surface area is 125 Å². The molecule has 2 unspecified atom stereocenters. The molecule has 5 nitrogen and oxygen atoms in total. The van der Waals surface area contributed by atoms with Crippen LogP contribution in [0.1, 0.15) is 36.9 Å². The maximum absolute atomic E-state index is 11.7. The van der Waals surface area contributed by atoms with Crippen LogP contribution in [0.15, 0.2) is 18.2 Å². The molecular weight excluding hydrogens is 268 g/mol. The van der Waals surface area contributed by atoms with E-state index in [1.54, 1.807) is 7.11 Å². The van der Waals surface area contributed by atoms with Crippen LogP contribution in [-0.4, -0.2) is 32.3 Å². The minimum atomic E-state index is -0.144. The molecule has 2 rings (SSSR count). The first-order chi connectivity index (χ1) is 10.1. The first-order valence-electron chi connectivity index (χ1n) is 7.39. The first-order valence-corrected chi connectivity index (χ1v) is 7.39. The summed E-state index contributed by atoms with van der Waals surface area (Å²) in [6, 6.07) is 6.00. The summed E-state index contributed by atoms with van der Waals surface area (Å²) in [7, 11) is 1.61. The zero-order valence-electron chi connectivity index (χ0n) is 12.7. The lowest BCUT2D eigenvalue weighted by atomic mass is 9.88. The van der Waals surface area contributed by atoms with Crippen LogP contribution < -0.4 is 15.8 Å². The van der Waals surface area contributed by atoms with E-state index in [1.165, 1.54) is 11.1 Å². The summed E-state index contributed by atoms with van der Waals surface area (Å²) < 4.78 is 10.5. The van der Waals surface area contributed by atoms with Crippen molar-refractivity contribution in [3.05, 3.63) is 29.3 Å². The number of ether oxygens (including phenoxy) is 2. The van der Waals surface area contributed by atoms with Crippen molar-refractivity contribution in [3.63, 3.8) is 0 Å². The van der Waals surface area contributed by atoms with Gasteiger partial charge in [0.1, 0.15) is 5.75 Å². The number of rotatable bonds is 6. The SMILES string of the molecule is COCC(C)NC(=O)COc1ccc2c(c1)CCCC2N. The van der Waals surface area contributed by atoms with E-state index in [9.17, 15) is 4.79 Å². The summed E-state index contributed by atoms with van der Waals surface area (Å²) in [4.78, 5) is 11.7. The van der Waals surface area contributed by atoms with Crippen LogP contribution in [0.3, 0.4) is 0 Å². The summed E-state index contributed by atoms with van der Waals surface area (Å²) in [5.74, 6) is 0.575. The fourth-order valence-corrected chi connectivity index (χ4v) is 2.68. The second kappa shape index (κ2) is 7.43. The Balaban J connectivity index is 1.88.